The Hall–Kier alpha value is -3.45. The number of ether oxygens (including phenoxy) is 1. The van der Waals surface area contributed by atoms with Gasteiger partial charge >= 0.3 is 5.97 Å². The van der Waals surface area contributed by atoms with Crippen molar-refractivity contribution in [1.29, 1.82) is 0 Å². The number of hydrogen-bond acceptors (Lipinski definition) is 5. The number of amides is 2. The summed E-state index contributed by atoms with van der Waals surface area (Å²) < 4.78 is 5.77. The van der Waals surface area contributed by atoms with E-state index in [2.05, 4.69) is 10.6 Å². The molecule has 1 aliphatic heterocycles. The summed E-state index contributed by atoms with van der Waals surface area (Å²) in [7, 11) is 0. The molecule has 0 spiro atoms. The Labute approximate surface area is 231 Å². The molecule has 3 unspecified atom stereocenters. The van der Waals surface area contributed by atoms with Crippen LogP contribution in [0, 0.1) is 11.8 Å². The zero-order valence-electron chi connectivity index (χ0n) is 22.5. The molecular weight excluding hydrogens is 492 g/mol. The van der Waals surface area contributed by atoms with Crippen molar-refractivity contribution in [3.05, 3.63) is 83.9 Å². The molecule has 0 saturated heterocycles. The standard InChI is InChI=1S/C32H40N2O5/c35-23-32(17-9-10-18-32)34-29(36)21-26-15-7-8-16-27(19-24-11-3-1-4-12-24)31(38)39-22-28(33-30(26)37)20-25-13-5-2-6-14-25/h1-8,11-14,26-28,35H,9-10,15-23H2,(H,33,37)(H,34,36). The van der Waals surface area contributed by atoms with Crippen molar-refractivity contribution in [1.82, 2.24) is 10.6 Å². The molecule has 0 radical (unpaired) electrons. The first-order valence-electron chi connectivity index (χ1n) is 14.1. The fraction of sp³-hybridized carbons (Fsp3) is 0.469. The molecule has 0 bridgehead atoms. The maximum atomic E-state index is 13.4. The monoisotopic (exact) mass is 532 g/mol. The molecule has 1 fully saturated rings. The van der Waals surface area contributed by atoms with E-state index in [-0.39, 0.29) is 43.3 Å². The first kappa shape index (κ1) is 28.6. The van der Waals surface area contributed by atoms with Crippen LogP contribution in [0.25, 0.3) is 0 Å². The molecule has 7 nitrogen and oxygen atoms in total. The van der Waals surface area contributed by atoms with E-state index >= 15 is 0 Å². The average Bonchev–Trinajstić information content (AvgIpc) is 3.41. The minimum absolute atomic E-state index is 0.0310. The molecule has 39 heavy (non-hydrogen) atoms. The van der Waals surface area contributed by atoms with Crippen molar-refractivity contribution in [2.45, 2.75) is 69.4 Å². The Bertz CT molecular complexity index is 1110. The highest BCUT2D eigenvalue weighted by atomic mass is 16.5. The molecule has 1 heterocycles. The van der Waals surface area contributed by atoms with Crippen molar-refractivity contribution in [3.8, 4) is 0 Å². The molecule has 0 aromatic heterocycles. The second-order valence-electron chi connectivity index (χ2n) is 10.9. The van der Waals surface area contributed by atoms with Crippen LogP contribution in [-0.4, -0.2) is 47.7 Å². The van der Waals surface area contributed by atoms with Gasteiger partial charge in [0.15, 0.2) is 0 Å². The highest BCUT2D eigenvalue weighted by Crippen LogP contribution is 2.29. The maximum Gasteiger partial charge on any atom is 0.309 e. The molecule has 7 heteroatoms. The average molecular weight is 533 g/mol. The quantitative estimate of drug-likeness (QED) is 0.353. The van der Waals surface area contributed by atoms with Gasteiger partial charge in [-0.15, -0.1) is 0 Å². The lowest BCUT2D eigenvalue weighted by atomic mass is 9.93. The number of carbonyl (C=O) groups excluding carboxylic acids is 3. The van der Waals surface area contributed by atoms with Crippen LogP contribution in [0.2, 0.25) is 0 Å². The van der Waals surface area contributed by atoms with E-state index in [0.717, 1.165) is 36.8 Å². The summed E-state index contributed by atoms with van der Waals surface area (Å²) in [6.07, 6.45) is 9.23. The summed E-state index contributed by atoms with van der Waals surface area (Å²) in [5.41, 5.74) is 1.50. The number of nitrogens with one attached hydrogen (secondary N) is 2. The zero-order chi connectivity index (χ0) is 27.5. The highest BCUT2D eigenvalue weighted by molar-refractivity contribution is 5.86. The maximum absolute atomic E-state index is 13.4. The number of hydrogen-bond donors (Lipinski definition) is 3. The third-order valence-corrected chi connectivity index (χ3v) is 7.83. The molecule has 208 valence electrons. The van der Waals surface area contributed by atoms with Crippen LogP contribution in [-0.2, 0) is 32.0 Å². The van der Waals surface area contributed by atoms with E-state index in [9.17, 15) is 19.5 Å². The number of aliphatic hydroxyl groups excluding tert-OH is 1. The summed E-state index contributed by atoms with van der Waals surface area (Å²) in [4.78, 5) is 39.6. The van der Waals surface area contributed by atoms with Gasteiger partial charge in [0.2, 0.25) is 11.8 Å². The van der Waals surface area contributed by atoms with Gasteiger partial charge in [0.25, 0.3) is 0 Å². The fourth-order valence-corrected chi connectivity index (χ4v) is 5.58. The molecule has 2 aromatic carbocycles. The van der Waals surface area contributed by atoms with Gasteiger partial charge in [-0.05, 0) is 49.7 Å². The summed E-state index contributed by atoms with van der Waals surface area (Å²) in [5, 5.41) is 16.0. The van der Waals surface area contributed by atoms with E-state index in [4.69, 9.17) is 4.74 Å². The molecule has 1 saturated carbocycles. The molecule has 2 aliphatic rings. The third kappa shape index (κ3) is 8.52. The smallest absolute Gasteiger partial charge is 0.309 e. The Balaban J connectivity index is 1.50. The first-order chi connectivity index (χ1) is 19.0. The SMILES string of the molecule is O=C(CC1CC=CCC(Cc2ccccc2)C(=O)OCC(Cc2ccccc2)NC1=O)NC1(CO)CCCC1. The van der Waals surface area contributed by atoms with Crippen LogP contribution < -0.4 is 10.6 Å². The van der Waals surface area contributed by atoms with Crippen molar-refractivity contribution in [2.24, 2.45) is 11.8 Å². The van der Waals surface area contributed by atoms with Gasteiger partial charge in [-0.2, -0.15) is 0 Å². The fourth-order valence-electron chi connectivity index (χ4n) is 5.58. The van der Waals surface area contributed by atoms with Gasteiger partial charge in [0.05, 0.1) is 30.0 Å². The van der Waals surface area contributed by atoms with E-state index < -0.39 is 17.5 Å². The Morgan fingerprint density at radius 3 is 2.10 bits per heavy atom. The molecule has 1 aliphatic carbocycles. The minimum Gasteiger partial charge on any atom is -0.463 e. The third-order valence-electron chi connectivity index (χ3n) is 7.83. The van der Waals surface area contributed by atoms with Crippen LogP contribution in [0.15, 0.2) is 72.8 Å². The molecule has 2 aromatic rings. The lowest BCUT2D eigenvalue weighted by Gasteiger charge is -2.29. The largest absolute Gasteiger partial charge is 0.463 e. The first-order valence-corrected chi connectivity index (χ1v) is 14.1. The lowest BCUT2D eigenvalue weighted by Crippen LogP contribution is -2.50. The topological polar surface area (TPSA) is 105 Å². The number of rotatable bonds is 8. The van der Waals surface area contributed by atoms with Crippen LogP contribution >= 0.6 is 0 Å². The van der Waals surface area contributed by atoms with E-state index in [1.165, 1.54) is 0 Å². The number of aliphatic hydroxyl groups is 1. The number of allylic oxidation sites excluding steroid dienone is 2. The predicted octanol–water partition coefficient (Wildman–Crippen LogP) is 3.89. The van der Waals surface area contributed by atoms with Gasteiger partial charge in [-0.3, -0.25) is 14.4 Å². The van der Waals surface area contributed by atoms with Gasteiger partial charge < -0.3 is 20.5 Å². The Morgan fingerprint density at radius 2 is 1.49 bits per heavy atom. The van der Waals surface area contributed by atoms with Crippen LogP contribution in [0.1, 0.15) is 56.1 Å². The van der Waals surface area contributed by atoms with Gasteiger partial charge in [0, 0.05) is 6.42 Å². The van der Waals surface area contributed by atoms with Crippen LogP contribution in [0.4, 0.5) is 0 Å². The van der Waals surface area contributed by atoms with Crippen LogP contribution in [0.3, 0.4) is 0 Å². The molecule has 4 rings (SSSR count). The van der Waals surface area contributed by atoms with Gasteiger partial charge in [-0.25, -0.2) is 0 Å². The summed E-state index contributed by atoms with van der Waals surface area (Å²) in [6, 6.07) is 19.2. The van der Waals surface area contributed by atoms with Gasteiger partial charge in [-0.1, -0.05) is 85.7 Å². The summed E-state index contributed by atoms with van der Waals surface area (Å²) in [6.45, 7) is -0.0379. The van der Waals surface area contributed by atoms with Crippen molar-refractivity contribution < 1.29 is 24.2 Å². The minimum atomic E-state index is -0.580. The van der Waals surface area contributed by atoms with Gasteiger partial charge in [0.1, 0.15) is 6.61 Å². The van der Waals surface area contributed by atoms with Crippen LogP contribution in [0.5, 0.6) is 0 Å². The van der Waals surface area contributed by atoms with E-state index in [1.54, 1.807) is 0 Å². The van der Waals surface area contributed by atoms with Crippen molar-refractivity contribution in [3.63, 3.8) is 0 Å². The highest BCUT2D eigenvalue weighted by Gasteiger charge is 2.35. The van der Waals surface area contributed by atoms with E-state index in [0.29, 0.717) is 25.7 Å². The van der Waals surface area contributed by atoms with Crippen molar-refractivity contribution >= 4 is 17.8 Å². The second kappa shape index (κ2) is 14.1. The number of esters is 1. The molecule has 2 amide bonds. The number of benzene rings is 2. The van der Waals surface area contributed by atoms with Crippen molar-refractivity contribution in [2.75, 3.05) is 13.2 Å². The normalized spacial score (nSPS) is 23.7. The number of cyclic esters (lactones) is 1. The lowest BCUT2D eigenvalue weighted by molar-refractivity contribution is -0.150. The Kier molecular flexibility index (Phi) is 10.3. The summed E-state index contributed by atoms with van der Waals surface area (Å²) >= 11 is 0. The predicted molar refractivity (Wildman–Crippen MR) is 150 cm³/mol. The Morgan fingerprint density at radius 1 is 0.897 bits per heavy atom. The summed E-state index contributed by atoms with van der Waals surface area (Å²) in [5.74, 6) is -1.65. The number of carbonyl (C=O) groups is 3. The molecule has 3 atom stereocenters. The molecule has 3 N–H and O–H groups in total. The zero-order valence-corrected chi connectivity index (χ0v) is 22.5. The molecular formula is C32H40N2O5. The second-order valence-corrected chi connectivity index (χ2v) is 10.9. The van der Waals surface area contributed by atoms with E-state index in [1.807, 2.05) is 72.8 Å².